The fourth-order valence-corrected chi connectivity index (χ4v) is 3.14. The maximum atomic E-state index is 11.3. The number of benzene rings is 1. The van der Waals surface area contributed by atoms with E-state index in [1.54, 1.807) is 23.3 Å². The van der Waals surface area contributed by atoms with Crippen LogP contribution in [0.3, 0.4) is 0 Å². The Morgan fingerprint density at radius 3 is 2.62 bits per heavy atom. The first-order chi connectivity index (χ1) is 9.79. The molecule has 2 rings (SSSR count). The van der Waals surface area contributed by atoms with E-state index in [1.165, 1.54) is 12.1 Å². The zero-order chi connectivity index (χ0) is 15.6. The lowest BCUT2D eigenvalue weighted by molar-refractivity contribution is 0.0697. The third-order valence-corrected chi connectivity index (χ3v) is 4.58. The van der Waals surface area contributed by atoms with Crippen LogP contribution in [0.2, 0.25) is 0 Å². The van der Waals surface area contributed by atoms with Gasteiger partial charge >= 0.3 is 5.97 Å². The predicted molar refractivity (Wildman–Crippen MR) is 81.2 cm³/mol. The molecule has 0 atom stereocenters. The van der Waals surface area contributed by atoms with Crippen molar-refractivity contribution < 1.29 is 18.3 Å². The van der Waals surface area contributed by atoms with Crippen LogP contribution in [0.4, 0.5) is 5.69 Å². The summed E-state index contributed by atoms with van der Waals surface area (Å²) in [4.78, 5) is 12.9. The summed E-state index contributed by atoms with van der Waals surface area (Å²) in [6, 6.07) is 5.79. The largest absolute Gasteiger partial charge is 0.478 e. The molecule has 0 spiro atoms. The van der Waals surface area contributed by atoms with Gasteiger partial charge in [-0.15, -0.1) is 0 Å². The van der Waals surface area contributed by atoms with Crippen molar-refractivity contribution in [1.29, 1.82) is 0 Å². The Balaban J connectivity index is 2.41. The molecular formula is C13H14N2O4S2. The molecule has 1 heterocycles. The molecule has 0 amide bonds. The molecule has 0 radical (unpaired) electrons. The lowest BCUT2D eigenvalue weighted by Crippen LogP contribution is -2.20. The number of carbonyl (C=O) groups is 1. The summed E-state index contributed by atoms with van der Waals surface area (Å²) in [6.45, 7) is 0.526. The van der Waals surface area contributed by atoms with Crippen molar-refractivity contribution in [2.24, 2.45) is 5.14 Å². The SMILES string of the molecule is CN(Cc1ccsc1)c1ccc(S(N)(=O)=O)cc1C(=O)O. The van der Waals surface area contributed by atoms with Crippen LogP contribution in [0.15, 0.2) is 39.9 Å². The molecule has 2 aromatic rings. The second-order valence-electron chi connectivity index (χ2n) is 4.52. The first-order valence-electron chi connectivity index (χ1n) is 5.91. The number of hydrogen-bond acceptors (Lipinski definition) is 5. The van der Waals surface area contributed by atoms with Gasteiger partial charge in [0.15, 0.2) is 0 Å². The van der Waals surface area contributed by atoms with E-state index in [0.29, 0.717) is 12.2 Å². The van der Waals surface area contributed by atoms with E-state index < -0.39 is 16.0 Å². The Morgan fingerprint density at radius 1 is 1.38 bits per heavy atom. The average Bonchev–Trinajstić information content (AvgIpc) is 2.89. The number of hydrogen-bond donors (Lipinski definition) is 2. The zero-order valence-corrected chi connectivity index (χ0v) is 12.8. The molecular weight excluding hydrogens is 312 g/mol. The number of anilines is 1. The van der Waals surface area contributed by atoms with E-state index in [0.717, 1.165) is 11.6 Å². The van der Waals surface area contributed by atoms with Crippen molar-refractivity contribution in [1.82, 2.24) is 0 Å². The van der Waals surface area contributed by atoms with Crippen LogP contribution < -0.4 is 10.0 Å². The Kier molecular flexibility index (Phi) is 4.31. The predicted octanol–water partition coefficient (Wildman–Crippen LogP) is 1.73. The van der Waals surface area contributed by atoms with Crippen molar-refractivity contribution in [2.45, 2.75) is 11.4 Å². The molecule has 0 bridgehead atoms. The van der Waals surface area contributed by atoms with Gasteiger partial charge in [0.25, 0.3) is 0 Å². The number of nitrogens with zero attached hydrogens (tertiary/aromatic N) is 1. The maximum Gasteiger partial charge on any atom is 0.337 e. The second-order valence-corrected chi connectivity index (χ2v) is 6.86. The number of carboxylic acids is 1. The first kappa shape index (κ1) is 15.5. The normalized spacial score (nSPS) is 11.3. The van der Waals surface area contributed by atoms with E-state index in [1.807, 2.05) is 16.8 Å². The fourth-order valence-electron chi connectivity index (χ4n) is 1.94. The minimum Gasteiger partial charge on any atom is -0.478 e. The molecule has 0 fully saturated rings. The van der Waals surface area contributed by atoms with Gasteiger partial charge in [0.1, 0.15) is 0 Å². The molecule has 112 valence electrons. The Bertz CT molecular complexity index is 754. The maximum absolute atomic E-state index is 11.3. The number of primary sulfonamides is 1. The monoisotopic (exact) mass is 326 g/mol. The smallest absolute Gasteiger partial charge is 0.337 e. The minimum atomic E-state index is -3.93. The summed E-state index contributed by atoms with van der Waals surface area (Å²) < 4.78 is 22.6. The van der Waals surface area contributed by atoms with Crippen molar-refractivity contribution in [3.63, 3.8) is 0 Å². The van der Waals surface area contributed by atoms with Gasteiger partial charge in [0.05, 0.1) is 16.1 Å². The van der Waals surface area contributed by atoms with E-state index in [2.05, 4.69) is 0 Å². The lowest BCUT2D eigenvalue weighted by atomic mass is 10.1. The molecule has 0 aliphatic heterocycles. The molecule has 1 aromatic heterocycles. The van der Waals surface area contributed by atoms with Crippen LogP contribution in [0.1, 0.15) is 15.9 Å². The van der Waals surface area contributed by atoms with E-state index in [4.69, 9.17) is 5.14 Å². The molecule has 0 saturated heterocycles. The zero-order valence-electron chi connectivity index (χ0n) is 11.2. The van der Waals surface area contributed by atoms with Gasteiger partial charge in [0, 0.05) is 13.6 Å². The van der Waals surface area contributed by atoms with Crippen LogP contribution in [0, 0.1) is 0 Å². The van der Waals surface area contributed by atoms with Gasteiger partial charge in [0.2, 0.25) is 10.0 Å². The highest BCUT2D eigenvalue weighted by Crippen LogP contribution is 2.24. The highest BCUT2D eigenvalue weighted by molar-refractivity contribution is 7.89. The van der Waals surface area contributed by atoms with Crippen LogP contribution in [0.25, 0.3) is 0 Å². The van der Waals surface area contributed by atoms with Crippen LogP contribution in [-0.4, -0.2) is 26.5 Å². The lowest BCUT2D eigenvalue weighted by Gasteiger charge is -2.21. The number of nitrogens with two attached hydrogens (primary N) is 1. The summed E-state index contributed by atoms with van der Waals surface area (Å²) in [5.41, 5.74) is 1.38. The second kappa shape index (κ2) is 5.84. The minimum absolute atomic E-state index is 0.0979. The number of carboxylic acid groups (broad SMARTS) is 1. The van der Waals surface area contributed by atoms with Crippen LogP contribution >= 0.6 is 11.3 Å². The van der Waals surface area contributed by atoms with Crippen molar-refractivity contribution in [3.8, 4) is 0 Å². The third kappa shape index (κ3) is 3.60. The summed E-state index contributed by atoms with van der Waals surface area (Å²) in [6.07, 6.45) is 0. The average molecular weight is 326 g/mol. The molecule has 0 unspecified atom stereocenters. The van der Waals surface area contributed by atoms with Gasteiger partial charge in [-0.1, -0.05) is 0 Å². The molecule has 1 aromatic carbocycles. The van der Waals surface area contributed by atoms with E-state index in [-0.39, 0.29) is 10.5 Å². The highest BCUT2D eigenvalue weighted by Gasteiger charge is 2.18. The molecule has 21 heavy (non-hydrogen) atoms. The quantitative estimate of drug-likeness (QED) is 0.871. The Labute approximate surface area is 126 Å². The molecule has 6 nitrogen and oxygen atoms in total. The van der Waals surface area contributed by atoms with Gasteiger partial charge in [-0.25, -0.2) is 18.4 Å². The van der Waals surface area contributed by atoms with Crippen LogP contribution in [-0.2, 0) is 16.6 Å². The topological polar surface area (TPSA) is 101 Å². The molecule has 0 aliphatic carbocycles. The van der Waals surface area contributed by atoms with Gasteiger partial charge in [-0.3, -0.25) is 0 Å². The van der Waals surface area contributed by atoms with Gasteiger partial charge in [-0.2, -0.15) is 11.3 Å². The van der Waals surface area contributed by atoms with E-state index in [9.17, 15) is 18.3 Å². The first-order valence-corrected chi connectivity index (χ1v) is 8.40. The Morgan fingerprint density at radius 2 is 2.10 bits per heavy atom. The molecule has 0 aliphatic rings. The summed E-state index contributed by atoms with van der Waals surface area (Å²) in [7, 11) is -2.19. The van der Waals surface area contributed by atoms with Gasteiger partial charge in [-0.05, 0) is 40.6 Å². The van der Waals surface area contributed by atoms with Crippen LogP contribution in [0.5, 0.6) is 0 Å². The number of rotatable bonds is 5. The molecule has 8 heteroatoms. The highest BCUT2D eigenvalue weighted by atomic mass is 32.2. The van der Waals surface area contributed by atoms with Crippen molar-refractivity contribution in [2.75, 3.05) is 11.9 Å². The van der Waals surface area contributed by atoms with Gasteiger partial charge < -0.3 is 10.0 Å². The molecule has 3 N–H and O–H groups in total. The number of sulfonamides is 1. The third-order valence-electron chi connectivity index (χ3n) is 2.94. The fraction of sp³-hybridized carbons (Fsp3) is 0.154. The van der Waals surface area contributed by atoms with Crippen molar-refractivity contribution in [3.05, 3.63) is 46.2 Å². The summed E-state index contributed by atoms with van der Waals surface area (Å²) in [5.74, 6) is -1.20. The van der Waals surface area contributed by atoms with Crippen molar-refractivity contribution >= 4 is 33.0 Å². The standard InChI is InChI=1S/C13H14N2O4S2/c1-15(7-9-4-5-20-8-9)12-3-2-10(21(14,18)19)6-11(12)13(16)17/h2-6,8H,7H2,1H3,(H,16,17)(H2,14,18,19). The van der Waals surface area contributed by atoms with E-state index >= 15 is 0 Å². The summed E-state index contributed by atoms with van der Waals surface area (Å²) in [5, 5.41) is 18.2. The number of aromatic carboxylic acids is 1. The number of thiophene rings is 1. The summed E-state index contributed by atoms with van der Waals surface area (Å²) >= 11 is 1.55. The molecule has 0 saturated carbocycles. The Hall–Kier alpha value is -1.90.